The van der Waals surface area contributed by atoms with Crippen molar-refractivity contribution >= 4 is 11.6 Å². The molecule has 4 nitrogen and oxygen atoms in total. The van der Waals surface area contributed by atoms with E-state index < -0.39 is 12.8 Å². The number of carbonyl (C=O) groups excluding carboxylic acids is 1. The van der Waals surface area contributed by atoms with Crippen LogP contribution in [-0.2, 0) is 4.79 Å². The molecule has 21 heavy (non-hydrogen) atoms. The van der Waals surface area contributed by atoms with Crippen molar-refractivity contribution in [3.05, 3.63) is 24.3 Å². The van der Waals surface area contributed by atoms with E-state index in [0.29, 0.717) is 11.6 Å². The Morgan fingerprint density at radius 3 is 2.76 bits per heavy atom. The second kappa shape index (κ2) is 6.80. The number of anilines is 1. The Kier molecular flexibility index (Phi) is 5.06. The molecule has 1 amide bonds. The van der Waals surface area contributed by atoms with Crippen LogP contribution >= 0.6 is 0 Å². The lowest BCUT2D eigenvalue weighted by molar-refractivity contribution is -0.153. The maximum atomic E-state index is 12.1. The van der Waals surface area contributed by atoms with Crippen molar-refractivity contribution in [1.82, 2.24) is 5.32 Å². The van der Waals surface area contributed by atoms with Gasteiger partial charge in [-0.15, -0.1) is 0 Å². The number of hydrogen-bond donors (Lipinski definition) is 2. The SMILES string of the molecule is O=C(CNCC1CC1)Nc1cccc(OCC(F)(F)F)c1. The Balaban J connectivity index is 1.77. The maximum absolute atomic E-state index is 12.1. The number of amides is 1. The summed E-state index contributed by atoms with van der Waals surface area (Å²) in [5, 5.41) is 5.65. The summed E-state index contributed by atoms with van der Waals surface area (Å²) in [7, 11) is 0. The summed E-state index contributed by atoms with van der Waals surface area (Å²) in [6.45, 7) is -0.348. The molecule has 0 spiro atoms. The van der Waals surface area contributed by atoms with Crippen LogP contribution in [0.3, 0.4) is 0 Å². The molecule has 1 saturated carbocycles. The third kappa shape index (κ3) is 6.48. The zero-order chi connectivity index (χ0) is 15.3. The fraction of sp³-hybridized carbons (Fsp3) is 0.500. The van der Waals surface area contributed by atoms with Gasteiger partial charge >= 0.3 is 6.18 Å². The van der Waals surface area contributed by atoms with E-state index in [0.717, 1.165) is 6.54 Å². The van der Waals surface area contributed by atoms with Gasteiger partial charge in [-0.3, -0.25) is 4.79 Å². The predicted octanol–water partition coefficient (Wildman–Crippen LogP) is 2.57. The van der Waals surface area contributed by atoms with Crippen LogP contribution < -0.4 is 15.4 Å². The van der Waals surface area contributed by atoms with Gasteiger partial charge in [0.15, 0.2) is 6.61 Å². The van der Waals surface area contributed by atoms with Crippen LogP contribution in [0, 0.1) is 5.92 Å². The fourth-order valence-corrected chi connectivity index (χ4v) is 1.75. The number of ether oxygens (including phenoxy) is 1. The Morgan fingerprint density at radius 1 is 1.33 bits per heavy atom. The highest BCUT2D eigenvalue weighted by atomic mass is 19.4. The molecule has 0 saturated heterocycles. The largest absolute Gasteiger partial charge is 0.484 e. The van der Waals surface area contributed by atoms with Gasteiger partial charge in [0.25, 0.3) is 0 Å². The van der Waals surface area contributed by atoms with Gasteiger partial charge in [-0.2, -0.15) is 13.2 Å². The molecule has 0 heterocycles. The van der Waals surface area contributed by atoms with Gasteiger partial charge in [-0.1, -0.05) is 6.07 Å². The first-order valence-corrected chi connectivity index (χ1v) is 6.72. The molecule has 1 aromatic carbocycles. The van der Waals surface area contributed by atoms with Crippen molar-refractivity contribution in [3.8, 4) is 5.75 Å². The average molecular weight is 302 g/mol. The molecule has 116 valence electrons. The molecule has 7 heteroatoms. The quantitative estimate of drug-likeness (QED) is 0.814. The Bertz CT molecular complexity index is 487. The molecule has 1 fully saturated rings. The molecule has 2 rings (SSSR count). The molecular weight excluding hydrogens is 285 g/mol. The Labute approximate surface area is 120 Å². The zero-order valence-electron chi connectivity index (χ0n) is 11.4. The molecule has 0 aromatic heterocycles. The molecule has 1 aliphatic carbocycles. The molecule has 0 unspecified atom stereocenters. The highest BCUT2D eigenvalue weighted by Gasteiger charge is 2.28. The molecule has 1 aliphatic rings. The summed E-state index contributed by atoms with van der Waals surface area (Å²) in [6.07, 6.45) is -1.98. The number of hydrogen-bond acceptors (Lipinski definition) is 3. The number of benzene rings is 1. The number of halogens is 3. The first kappa shape index (κ1) is 15.6. The van der Waals surface area contributed by atoms with Crippen molar-refractivity contribution < 1.29 is 22.7 Å². The van der Waals surface area contributed by atoms with Crippen LogP contribution in [0.15, 0.2) is 24.3 Å². The van der Waals surface area contributed by atoms with E-state index in [1.165, 1.54) is 31.0 Å². The summed E-state index contributed by atoms with van der Waals surface area (Å²) >= 11 is 0. The van der Waals surface area contributed by atoms with Gasteiger partial charge in [-0.05, 0) is 37.4 Å². The highest BCUT2D eigenvalue weighted by molar-refractivity contribution is 5.92. The summed E-state index contributed by atoms with van der Waals surface area (Å²) in [4.78, 5) is 11.6. The van der Waals surface area contributed by atoms with Crippen LogP contribution in [0.1, 0.15) is 12.8 Å². The van der Waals surface area contributed by atoms with E-state index in [1.807, 2.05) is 0 Å². The van der Waals surface area contributed by atoms with Crippen LogP contribution in [0.2, 0.25) is 0 Å². The minimum atomic E-state index is -4.38. The highest BCUT2D eigenvalue weighted by Crippen LogP contribution is 2.27. The summed E-state index contributed by atoms with van der Waals surface area (Å²) in [6, 6.07) is 5.90. The third-order valence-corrected chi connectivity index (χ3v) is 2.94. The van der Waals surface area contributed by atoms with E-state index in [-0.39, 0.29) is 18.2 Å². The Hall–Kier alpha value is -1.76. The maximum Gasteiger partial charge on any atom is 0.422 e. The Morgan fingerprint density at radius 2 is 2.10 bits per heavy atom. The number of carbonyl (C=O) groups is 1. The van der Waals surface area contributed by atoms with Crippen LogP contribution in [0.5, 0.6) is 5.75 Å². The van der Waals surface area contributed by atoms with E-state index in [4.69, 9.17) is 0 Å². The molecule has 0 aliphatic heterocycles. The normalized spacial score (nSPS) is 14.8. The van der Waals surface area contributed by atoms with Crippen molar-refractivity contribution in [3.63, 3.8) is 0 Å². The first-order chi connectivity index (χ1) is 9.92. The van der Waals surface area contributed by atoms with Gasteiger partial charge in [0, 0.05) is 11.8 Å². The lowest BCUT2D eigenvalue weighted by atomic mass is 10.3. The standard InChI is InChI=1S/C14H17F3N2O2/c15-14(16,17)9-21-12-3-1-2-11(6-12)19-13(20)8-18-7-10-4-5-10/h1-3,6,10,18H,4-5,7-9H2,(H,19,20). The second-order valence-corrected chi connectivity index (χ2v) is 5.05. The smallest absolute Gasteiger partial charge is 0.422 e. The average Bonchev–Trinajstić information content (AvgIpc) is 3.20. The van der Waals surface area contributed by atoms with Gasteiger partial charge in [0.05, 0.1) is 6.54 Å². The zero-order valence-corrected chi connectivity index (χ0v) is 11.4. The summed E-state index contributed by atoms with van der Waals surface area (Å²) in [5.74, 6) is 0.511. The third-order valence-electron chi connectivity index (χ3n) is 2.94. The number of nitrogens with one attached hydrogen (secondary N) is 2. The van der Waals surface area contributed by atoms with Gasteiger partial charge in [0.2, 0.25) is 5.91 Å². The van der Waals surface area contributed by atoms with E-state index in [1.54, 1.807) is 6.07 Å². The molecule has 0 radical (unpaired) electrons. The molecule has 1 aromatic rings. The fourth-order valence-electron chi connectivity index (χ4n) is 1.75. The van der Waals surface area contributed by atoms with Crippen molar-refractivity contribution in [2.75, 3.05) is 25.0 Å². The van der Waals surface area contributed by atoms with Gasteiger partial charge in [-0.25, -0.2) is 0 Å². The van der Waals surface area contributed by atoms with Crippen LogP contribution in [0.4, 0.5) is 18.9 Å². The molecule has 0 atom stereocenters. The molecule has 2 N–H and O–H groups in total. The van der Waals surface area contributed by atoms with Crippen LogP contribution in [-0.4, -0.2) is 31.8 Å². The minimum absolute atomic E-state index is 0.0658. The lowest BCUT2D eigenvalue weighted by Crippen LogP contribution is -2.29. The molecule has 0 bridgehead atoms. The van der Waals surface area contributed by atoms with Gasteiger partial charge in [0.1, 0.15) is 5.75 Å². The first-order valence-electron chi connectivity index (χ1n) is 6.72. The summed E-state index contributed by atoms with van der Waals surface area (Å²) in [5.41, 5.74) is 0.410. The number of alkyl halides is 3. The van der Waals surface area contributed by atoms with Crippen molar-refractivity contribution in [1.29, 1.82) is 0 Å². The van der Waals surface area contributed by atoms with Crippen molar-refractivity contribution in [2.24, 2.45) is 5.92 Å². The van der Waals surface area contributed by atoms with E-state index >= 15 is 0 Å². The van der Waals surface area contributed by atoms with E-state index in [2.05, 4.69) is 15.4 Å². The van der Waals surface area contributed by atoms with Crippen molar-refractivity contribution in [2.45, 2.75) is 19.0 Å². The molecular formula is C14H17F3N2O2. The second-order valence-electron chi connectivity index (χ2n) is 5.05. The predicted molar refractivity (Wildman–Crippen MR) is 72.2 cm³/mol. The lowest BCUT2D eigenvalue weighted by Gasteiger charge is -2.11. The van der Waals surface area contributed by atoms with Crippen LogP contribution in [0.25, 0.3) is 0 Å². The summed E-state index contributed by atoms with van der Waals surface area (Å²) < 4.78 is 40.8. The monoisotopic (exact) mass is 302 g/mol. The minimum Gasteiger partial charge on any atom is -0.484 e. The van der Waals surface area contributed by atoms with E-state index in [9.17, 15) is 18.0 Å². The topological polar surface area (TPSA) is 50.4 Å². The number of rotatable bonds is 7. The van der Waals surface area contributed by atoms with Gasteiger partial charge < -0.3 is 15.4 Å².